The van der Waals surface area contributed by atoms with E-state index in [0.717, 1.165) is 5.56 Å². The van der Waals surface area contributed by atoms with E-state index in [9.17, 15) is 48.2 Å². The van der Waals surface area contributed by atoms with Crippen molar-refractivity contribution in [3.63, 3.8) is 0 Å². The molecule has 21 heteroatoms. The Morgan fingerprint density at radius 1 is 1.10 bits per heavy atom. The van der Waals surface area contributed by atoms with Gasteiger partial charge in [0.15, 0.2) is 29.1 Å². The maximum atomic E-state index is 17.8. The highest BCUT2D eigenvalue weighted by molar-refractivity contribution is 9.09. The standard InChI is InChI=1S/C42H49BrFN4O14P/c1-39-13-11-27(49)15-25(39)5-8-28-29-16-33-42(32(51)22-60-63(57,58)59,40(29,2)17-31(50)41(28,39)44)62-38(61-33)24-12-14-48(21-24)20-23-3-6-26(7-4-23)46-37(56)30(9-10-36(54)55)47-35(53)19-45-34(52)18-43/h3-4,6-7,11-15,21,28-31,33,38,50H,5,8-10,16-20,22H2,1-2H3,(H,45,52)(H,46,56)(H,47,53)(H,54,55)(H2,57,58,59)/t28-,29-,30-,31-,33+,38+,39-,40-,41-,42+/m0/s1. The number of phosphoric ester groups is 1. The molecule has 2 heterocycles. The number of ether oxygens (including phenoxy) is 2. The Kier molecular flexibility index (Phi) is 13.0. The van der Waals surface area contributed by atoms with Gasteiger partial charge in [-0.2, -0.15) is 0 Å². The van der Waals surface area contributed by atoms with Gasteiger partial charge in [-0.1, -0.05) is 46.6 Å². The summed E-state index contributed by atoms with van der Waals surface area (Å²) in [6, 6.07) is 7.25. The molecule has 63 heavy (non-hydrogen) atoms. The number of alkyl halides is 2. The SMILES string of the molecule is C[C@]12C=CC(=O)C=C1CC[C@H]1[C@@H]3C[C@H]4O[C@@H](c5ccn(Cc6ccc(NC(=O)[C@H](CCC(=O)O)NC(=O)CNC(=O)CBr)cc6)c5)O[C@@]4(C(=O)COP(=O)(O)O)[C@@]3(C)C[C@H](O)[C@@]12F. The zero-order valence-electron chi connectivity index (χ0n) is 34.3. The fourth-order valence-electron chi connectivity index (χ4n) is 10.7. The molecule has 0 radical (unpaired) electrons. The average Bonchev–Trinajstić information content (AvgIpc) is 3.91. The Bertz CT molecular complexity index is 2300. The minimum absolute atomic E-state index is 0.0274. The van der Waals surface area contributed by atoms with Crippen molar-refractivity contribution >= 4 is 64.7 Å². The number of amides is 3. The fourth-order valence-corrected chi connectivity index (χ4v) is 11.2. The zero-order valence-corrected chi connectivity index (χ0v) is 36.8. The molecule has 4 fully saturated rings. The van der Waals surface area contributed by atoms with Crippen LogP contribution >= 0.6 is 23.8 Å². The first kappa shape index (κ1) is 46.6. The summed E-state index contributed by atoms with van der Waals surface area (Å²) < 4.78 is 49.3. The lowest BCUT2D eigenvalue weighted by atomic mass is 9.44. The smallest absolute Gasteiger partial charge is 0.470 e. The number of benzene rings is 1. The predicted octanol–water partition coefficient (Wildman–Crippen LogP) is 3.15. The molecule has 0 unspecified atom stereocenters. The molecule has 5 aliphatic rings. The second-order valence-corrected chi connectivity index (χ2v) is 19.1. The molecule has 7 rings (SSSR count). The number of halogens is 2. The lowest BCUT2D eigenvalue weighted by Gasteiger charge is -2.62. The maximum absolute atomic E-state index is 17.8. The molecule has 0 spiro atoms. The van der Waals surface area contributed by atoms with E-state index in [1.54, 1.807) is 56.6 Å². The summed E-state index contributed by atoms with van der Waals surface area (Å²) in [7, 11) is -5.11. The summed E-state index contributed by atoms with van der Waals surface area (Å²) in [5.41, 5.74) is -4.42. The van der Waals surface area contributed by atoms with Crippen LogP contribution in [0, 0.1) is 22.7 Å². The third-order valence-corrected chi connectivity index (χ3v) is 14.6. The van der Waals surface area contributed by atoms with Crippen LogP contribution in [-0.4, -0.2) is 108 Å². The van der Waals surface area contributed by atoms with Gasteiger partial charge in [-0.3, -0.25) is 33.3 Å². The number of carbonyl (C=O) groups excluding carboxylic acids is 5. The van der Waals surface area contributed by atoms with Crippen LogP contribution in [0.15, 0.2) is 66.5 Å². The molecule has 7 N–H and O–H groups in total. The molecular formula is C42H49BrFN4O14P. The number of anilines is 1. The van der Waals surface area contributed by atoms with E-state index in [0.29, 0.717) is 29.8 Å². The number of fused-ring (bicyclic) bond motifs is 7. The Hall–Kier alpha value is -4.40. The van der Waals surface area contributed by atoms with Gasteiger partial charge in [0.2, 0.25) is 17.7 Å². The van der Waals surface area contributed by atoms with E-state index in [4.69, 9.17) is 19.1 Å². The van der Waals surface area contributed by atoms with Crippen LogP contribution in [0.5, 0.6) is 0 Å². The van der Waals surface area contributed by atoms with Crippen LogP contribution in [0.2, 0.25) is 0 Å². The Balaban J connectivity index is 1.06. The van der Waals surface area contributed by atoms with E-state index in [-0.39, 0.29) is 36.8 Å². The van der Waals surface area contributed by atoms with E-state index < -0.39 is 115 Å². The molecule has 3 amide bonds. The van der Waals surface area contributed by atoms with Crippen molar-refractivity contribution in [2.75, 3.05) is 23.8 Å². The molecule has 1 aliphatic heterocycles. The first-order valence-electron chi connectivity index (χ1n) is 20.4. The summed E-state index contributed by atoms with van der Waals surface area (Å²) in [6.45, 7) is 2.30. The number of hydrogen-bond acceptors (Lipinski definition) is 11. The van der Waals surface area contributed by atoms with Crippen molar-refractivity contribution in [3.8, 4) is 0 Å². The van der Waals surface area contributed by atoms with E-state index in [2.05, 4.69) is 31.9 Å². The van der Waals surface area contributed by atoms with Crippen molar-refractivity contribution in [2.45, 2.75) is 94.7 Å². The van der Waals surface area contributed by atoms with Crippen molar-refractivity contribution in [1.29, 1.82) is 0 Å². The molecule has 2 aromatic rings. The lowest BCUT2D eigenvalue weighted by molar-refractivity contribution is -0.231. The monoisotopic (exact) mass is 962 g/mol. The topological polar surface area (TPSA) is 269 Å². The first-order chi connectivity index (χ1) is 29.6. The summed E-state index contributed by atoms with van der Waals surface area (Å²) in [5, 5.41) is 28.5. The molecule has 4 aliphatic carbocycles. The number of ketones is 2. The van der Waals surface area contributed by atoms with Crippen molar-refractivity contribution in [1.82, 2.24) is 15.2 Å². The third-order valence-electron chi connectivity index (χ3n) is 13.7. The van der Waals surface area contributed by atoms with Gasteiger partial charge in [0.05, 0.1) is 24.1 Å². The molecule has 1 aromatic heterocycles. The van der Waals surface area contributed by atoms with Crippen molar-refractivity contribution < 1.29 is 71.7 Å². The van der Waals surface area contributed by atoms with Crippen LogP contribution < -0.4 is 16.0 Å². The molecule has 3 saturated carbocycles. The zero-order chi connectivity index (χ0) is 45.7. The number of phosphoric acid groups is 1. The van der Waals surface area contributed by atoms with Crippen LogP contribution in [0.25, 0.3) is 0 Å². The van der Waals surface area contributed by atoms with Gasteiger partial charge in [-0.15, -0.1) is 0 Å². The maximum Gasteiger partial charge on any atom is 0.470 e. The van der Waals surface area contributed by atoms with Crippen LogP contribution in [-0.2, 0) is 53.9 Å². The molecular weight excluding hydrogens is 914 g/mol. The highest BCUT2D eigenvalue weighted by Gasteiger charge is 2.79. The van der Waals surface area contributed by atoms with E-state index in [1.165, 1.54) is 18.2 Å². The number of nitrogens with one attached hydrogen (secondary N) is 3. The van der Waals surface area contributed by atoms with Gasteiger partial charge in [0.25, 0.3) is 0 Å². The number of aromatic nitrogens is 1. The number of Topliss-reactive ketones (excluding diaryl/α,β-unsaturated/α-hetero) is 1. The van der Waals surface area contributed by atoms with Crippen LogP contribution in [0.3, 0.4) is 0 Å². The van der Waals surface area contributed by atoms with Crippen LogP contribution in [0.1, 0.15) is 69.8 Å². The van der Waals surface area contributed by atoms with E-state index in [1.807, 2.05) is 4.57 Å². The van der Waals surface area contributed by atoms with Crippen LogP contribution in [0.4, 0.5) is 10.1 Å². The number of carboxylic acid groups (broad SMARTS) is 1. The number of carbonyl (C=O) groups is 6. The highest BCUT2D eigenvalue weighted by atomic mass is 79.9. The first-order valence-corrected chi connectivity index (χ1v) is 23.1. The summed E-state index contributed by atoms with van der Waals surface area (Å²) in [6.07, 6.45) is 3.95. The normalized spacial score (nSPS) is 32.3. The average molecular weight is 964 g/mol. The lowest BCUT2D eigenvalue weighted by Crippen LogP contribution is -2.69. The molecule has 10 atom stereocenters. The summed E-state index contributed by atoms with van der Waals surface area (Å²) >= 11 is 2.97. The van der Waals surface area contributed by atoms with Gasteiger partial charge in [0, 0.05) is 53.4 Å². The number of aliphatic hydroxyl groups is 1. The molecule has 1 aromatic carbocycles. The summed E-state index contributed by atoms with van der Waals surface area (Å²) in [4.78, 5) is 93.9. The minimum atomic E-state index is -5.11. The number of allylic oxidation sites excluding steroid dienone is 4. The number of aliphatic hydroxyl groups excluding tert-OH is 1. The molecule has 1 saturated heterocycles. The number of hydrogen-bond donors (Lipinski definition) is 7. The van der Waals surface area contributed by atoms with Crippen molar-refractivity contribution in [2.24, 2.45) is 22.7 Å². The number of nitrogens with zero attached hydrogens (tertiary/aromatic N) is 1. The van der Waals surface area contributed by atoms with Gasteiger partial charge in [-0.05, 0) is 80.9 Å². The second-order valence-electron chi connectivity index (χ2n) is 17.3. The number of aliphatic carboxylic acids is 1. The minimum Gasteiger partial charge on any atom is -0.481 e. The Labute approximate surface area is 369 Å². The van der Waals surface area contributed by atoms with Crippen molar-refractivity contribution in [3.05, 3.63) is 77.7 Å². The predicted molar refractivity (Wildman–Crippen MR) is 222 cm³/mol. The van der Waals surface area contributed by atoms with Gasteiger partial charge in [0.1, 0.15) is 12.6 Å². The number of rotatable bonds is 16. The molecule has 18 nitrogen and oxygen atoms in total. The largest absolute Gasteiger partial charge is 0.481 e. The second kappa shape index (κ2) is 17.5. The highest BCUT2D eigenvalue weighted by Crippen LogP contribution is 2.72. The fraction of sp³-hybridized carbons (Fsp3) is 0.524. The Morgan fingerprint density at radius 3 is 2.51 bits per heavy atom. The van der Waals surface area contributed by atoms with Gasteiger partial charge in [-0.25, -0.2) is 8.96 Å². The van der Waals surface area contributed by atoms with Gasteiger partial charge >= 0.3 is 13.8 Å². The third kappa shape index (κ3) is 8.64. The van der Waals surface area contributed by atoms with E-state index >= 15 is 4.39 Å². The quantitative estimate of drug-likeness (QED) is 0.0942. The number of carboxylic acids is 1. The summed E-state index contributed by atoms with van der Waals surface area (Å²) in [5.74, 6) is -5.38. The molecule has 0 bridgehead atoms. The Morgan fingerprint density at radius 2 is 1.83 bits per heavy atom. The molecule has 340 valence electrons. The van der Waals surface area contributed by atoms with Gasteiger partial charge < -0.3 is 50.0 Å².